The van der Waals surface area contributed by atoms with E-state index in [4.69, 9.17) is 0 Å². The van der Waals surface area contributed by atoms with E-state index in [1.165, 1.54) is 5.56 Å². The van der Waals surface area contributed by atoms with E-state index in [9.17, 15) is 9.59 Å². The van der Waals surface area contributed by atoms with Crippen LogP contribution >= 0.6 is 0 Å². The van der Waals surface area contributed by atoms with E-state index in [2.05, 4.69) is 27.3 Å². The highest BCUT2D eigenvalue weighted by molar-refractivity contribution is 5.82. The molecule has 4 rings (SSSR count). The molecule has 1 atom stereocenters. The number of hydrogen-bond acceptors (Lipinski definition) is 5. The second-order valence-electron chi connectivity index (χ2n) is 7.42. The number of benzene rings is 1. The van der Waals surface area contributed by atoms with Crippen LogP contribution in [0.25, 0.3) is 0 Å². The SMILES string of the molecule is O=C(Cn1ccnn1)N1CCN([C@H]2CCCN(Cc3ccccc3)C2=O)CC1. The molecule has 2 aliphatic heterocycles. The van der Waals surface area contributed by atoms with E-state index in [0.29, 0.717) is 19.6 Å². The van der Waals surface area contributed by atoms with Crippen LogP contribution in [0.3, 0.4) is 0 Å². The molecule has 0 radical (unpaired) electrons. The monoisotopic (exact) mass is 382 g/mol. The van der Waals surface area contributed by atoms with Gasteiger partial charge in [0.05, 0.1) is 12.2 Å². The van der Waals surface area contributed by atoms with Gasteiger partial charge in [0, 0.05) is 45.5 Å². The summed E-state index contributed by atoms with van der Waals surface area (Å²) in [6.45, 7) is 4.48. The number of piperidine rings is 1. The van der Waals surface area contributed by atoms with Gasteiger partial charge >= 0.3 is 0 Å². The highest BCUT2D eigenvalue weighted by Crippen LogP contribution is 2.21. The van der Waals surface area contributed by atoms with Gasteiger partial charge in [-0.05, 0) is 18.4 Å². The van der Waals surface area contributed by atoms with Crippen molar-refractivity contribution in [3.05, 3.63) is 48.3 Å². The predicted molar refractivity (Wildman–Crippen MR) is 103 cm³/mol. The average Bonchev–Trinajstić information content (AvgIpc) is 3.24. The summed E-state index contributed by atoms with van der Waals surface area (Å²) in [6.07, 6.45) is 5.18. The molecule has 1 aromatic carbocycles. The van der Waals surface area contributed by atoms with Crippen LogP contribution in [-0.4, -0.2) is 80.3 Å². The molecule has 3 heterocycles. The van der Waals surface area contributed by atoms with Gasteiger partial charge in [0.2, 0.25) is 11.8 Å². The molecule has 28 heavy (non-hydrogen) atoms. The Hall–Kier alpha value is -2.74. The van der Waals surface area contributed by atoms with Gasteiger partial charge in [-0.25, -0.2) is 4.68 Å². The van der Waals surface area contributed by atoms with Gasteiger partial charge in [-0.3, -0.25) is 14.5 Å². The summed E-state index contributed by atoms with van der Waals surface area (Å²) in [4.78, 5) is 31.5. The highest BCUT2D eigenvalue weighted by atomic mass is 16.2. The number of aromatic nitrogens is 3. The lowest BCUT2D eigenvalue weighted by atomic mass is 10.0. The average molecular weight is 382 g/mol. The molecule has 0 unspecified atom stereocenters. The first-order valence-electron chi connectivity index (χ1n) is 9.89. The van der Waals surface area contributed by atoms with E-state index < -0.39 is 0 Å². The Balaban J connectivity index is 1.31. The van der Waals surface area contributed by atoms with E-state index in [0.717, 1.165) is 32.5 Å². The second-order valence-corrected chi connectivity index (χ2v) is 7.42. The molecule has 2 fully saturated rings. The summed E-state index contributed by atoms with van der Waals surface area (Å²) in [6, 6.07) is 10.1. The van der Waals surface area contributed by atoms with Crippen LogP contribution in [0.4, 0.5) is 0 Å². The molecular weight excluding hydrogens is 356 g/mol. The number of nitrogens with zero attached hydrogens (tertiary/aromatic N) is 6. The molecule has 8 heteroatoms. The fourth-order valence-electron chi connectivity index (χ4n) is 4.06. The maximum Gasteiger partial charge on any atom is 0.244 e. The van der Waals surface area contributed by atoms with Crippen LogP contribution < -0.4 is 0 Å². The molecular formula is C20H26N6O2. The molecule has 1 aromatic heterocycles. The van der Waals surface area contributed by atoms with E-state index in [-0.39, 0.29) is 24.4 Å². The summed E-state index contributed by atoms with van der Waals surface area (Å²) in [5.74, 6) is 0.267. The van der Waals surface area contributed by atoms with Crippen molar-refractivity contribution in [3.63, 3.8) is 0 Å². The summed E-state index contributed by atoms with van der Waals surface area (Å²) in [7, 11) is 0. The van der Waals surface area contributed by atoms with Crippen molar-refractivity contribution in [2.24, 2.45) is 0 Å². The van der Waals surface area contributed by atoms with E-state index >= 15 is 0 Å². The van der Waals surface area contributed by atoms with Gasteiger partial charge in [-0.15, -0.1) is 5.10 Å². The normalized spacial score (nSPS) is 21.1. The minimum atomic E-state index is -0.0648. The lowest BCUT2D eigenvalue weighted by molar-refractivity contribution is -0.143. The first kappa shape index (κ1) is 18.6. The van der Waals surface area contributed by atoms with Gasteiger partial charge < -0.3 is 9.80 Å². The lowest BCUT2D eigenvalue weighted by Crippen LogP contribution is -2.58. The molecule has 2 saturated heterocycles. The summed E-state index contributed by atoms with van der Waals surface area (Å²) in [5.41, 5.74) is 1.17. The quantitative estimate of drug-likeness (QED) is 0.758. The summed E-state index contributed by atoms with van der Waals surface area (Å²) in [5, 5.41) is 7.58. The Morgan fingerprint density at radius 2 is 1.86 bits per heavy atom. The van der Waals surface area contributed by atoms with Crippen LogP contribution in [0.2, 0.25) is 0 Å². The van der Waals surface area contributed by atoms with Gasteiger partial charge in [-0.1, -0.05) is 35.5 Å². The Bertz CT molecular complexity index is 786. The van der Waals surface area contributed by atoms with Crippen LogP contribution in [0.5, 0.6) is 0 Å². The maximum absolute atomic E-state index is 13.0. The van der Waals surface area contributed by atoms with Gasteiger partial charge in [0.25, 0.3) is 0 Å². The zero-order chi connectivity index (χ0) is 19.3. The Morgan fingerprint density at radius 1 is 1.07 bits per heavy atom. The number of rotatable bonds is 5. The predicted octanol–water partition coefficient (Wildman–Crippen LogP) is 0.614. The van der Waals surface area contributed by atoms with Crippen LogP contribution in [0.1, 0.15) is 18.4 Å². The molecule has 8 nitrogen and oxygen atoms in total. The van der Waals surface area contributed by atoms with Crippen molar-refractivity contribution in [3.8, 4) is 0 Å². The van der Waals surface area contributed by atoms with Crippen molar-refractivity contribution in [2.75, 3.05) is 32.7 Å². The van der Waals surface area contributed by atoms with Crippen molar-refractivity contribution in [2.45, 2.75) is 32.0 Å². The Morgan fingerprint density at radius 3 is 2.57 bits per heavy atom. The fourth-order valence-corrected chi connectivity index (χ4v) is 4.06. The van der Waals surface area contributed by atoms with Crippen molar-refractivity contribution in [1.29, 1.82) is 0 Å². The van der Waals surface area contributed by atoms with Crippen molar-refractivity contribution in [1.82, 2.24) is 29.7 Å². The molecule has 0 spiro atoms. The standard InChI is InChI=1S/C20H26N6O2/c27-19(16-26-10-8-21-22-26)24-13-11-23(12-14-24)18-7-4-9-25(20(18)28)15-17-5-2-1-3-6-17/h1-3,5-6,8,10,18H,4,7,9,11-16H2/t18-/m0/s1. The summed E-state index contributed by atoms with van der Waals surface area (Å²) >= 11 is 0. The molecule has 2 amide bonds. The third-order valence-corrected chi connectivity index (χ3v) is 5.60. The van der Waals surface area contributed by atoms with Gasteiger partial charge in [-0.2, -0.15) is 0 Å². The molecule has 0 bridgehead atoms. The van der Waals surface area contributed by atoms with Crippen LogP contribution in [0.15, 0.2) is 42.7 Å². The molecule has 0 aliphatic carbocycles. The zero-order valence-electron chi connectivity index (χ0n) is 16.0. The zero-order valence-corrected chi connectivity index (χ0v) is 16.0. The molecule has 2 aliphatic rings. The topological polar surface area (TPSA) is 74.6 Å². The van der Waals surface area contributed by atoms with Gasteiger partial charge in [0.1, 0.15) is 6.54 Å². The molecule has 148 valence electrons. The number of carbonyl (C=O) groups excluding carboxylic acids is 2. The lowest BCUT2D eigenvalue weighted by Gasteiger charge is -2.42. The second kappa shape index (κ2) is 8.52. The number of piperazine rings is 1. The van der Waals surface area contributed by atoms with Crippen molar-refractivity contribution >= 4 is 11.8 Å². The van der Waals surface area contributed by atoms with E-state index in [1.807, 2.05) is 28.0 Å². The van der Waals surface area contributed by atoms with Crippen LogP contribution in [-0.2, 0) is 22.7 Å². The minimum absolute atomic E-state index is 0.0471. The Kier molecular flexibility index (Phi) is 5.66. The van der Waals surface area contributed by atoms with Crippen LogP contribution in [0, 0.1) is 0 Å². The smallest absolute Gasteiger partial charge is 0.244 e. The third-order valence-electron chi connectivity index (χ3n) is 5.60. The fraction of sp³-hybridized carbons (Fsp3) is 0.500. The molecule has 0 saturated carbocycles. The number of likely N-dealkylation sites (tertiary alicyclic amines) is 1. The first-order valence-corrected chi connectivity index (χ1v) is 9.89. The van der Waals surface area contributed by atoms with Crippen molar-refractivity contribution < 1.29 is 9.59 Å². The largest absolute Gasteiger partial charge is 0.339 e. The maximum atomic E-state index is 13.0. The van der Waals surface area contributed by atoms with Gasteiger partial charge in [0.15, 0.2) is 0 Å². The van der Waals surface area contributed by atoms with E-state index in [1.54, 1.807) is 17.1 Å². The number of carbonyl (C=O) groups is 2. The highest BCUT2D eigenvalue weighted by Gasteiger charge is 2.35. The summed E-state index contributed by atoms with van der Waals surface area (Å²) < 4.78 is 1.54. The number of amides is 2. The number of hydrogen-bond donors (Lipinski definition) is 0. The minimum Gasteiger partial charge on any atom is -0.339 e. The Labute approximate surface area is 164 Å². The molecule has 2 aromatic rings. The third kappa shape index (κ3) is 4.22. The molecule has 0 N–H and O–H groups in total. The first-order chi connectivity index (χ1) is 13.7.